The van der Waals surface area contributed by atoms with Crippen LogP contribution < -0.4 is 10.5 Å². The van der Waals surface area contributed by atoms with Gasteiger partial charge in [0.05, 0.1) is 12.1 Å². The molecule has 0 atom stereocenters. The van der Waals surface area contributed by atoms with Gasteiger partial charge in [0.2, 0.25) is 0 Å². The van der Waals surface area contributed by atoms with Crippen LogP contribution in [-0.2, 0) is 0 Å². The molecule has 0 heterocycles. The van der Waals surface area contributed by atoms with Gasteiger partial charge in [0.1, 0.15) is 5.75 Å². The number of rotatable bonds is 4. The first-order chi connectivity index (χ1) is 7.10. The molecule has 0 fully saturated rings. The van der Waals surface area contributed by atoms with Gasteiger partial charge in [-0.05, 0) is 31.2 Å². The van der Waals surface area contributed by atoms with E-state index in [0.29, 0.717) is 29.3 Å². The summed E-state index contributed by atoms with van der Waals surface area (Å²) in [6.07, 6.45) is 0.298. The second-order valence-electron chi connectivity index (χ2n) is 3.27. The number of aryl methyl sites for hydroxylation is 1. The monoisotopic (exact) mass is 227 g/mol. The molecule has 3 nitrogen and oxygen atoms in total. The summed E-state index contributed by atoms with van der Waals surface area (Å²) >= 11 is 6.04. The summed E-state index contributed by atoms with van der Waals surface area (Å²) in [5.74, 6) is 0.585. The molecule has 0 unspecified atom stereocenters. The zero-order chi connectivity index (χ0) is 11.4. The van der Waals surface area contributed by atoms with E-state index in [-0.39, 0.29) is 5.78 Å². The predicted octanol–water partition coefficient (Wildman–Crippen LogP) is 2.19. The highest BCUT2D eigenvalue weighted by atomic mass is 35.5. The van der Waals surface area contributed by atoms with E-state index < -0.39 is 0 Å². The summed E-state index contributed by atoms with van der Waals surface area (Å²) in [6.45, 7) is 2.16. The standard InChI is InChI=1S/C11H14ClNO2/c1-7-5-8(15-2)6-9(11(7)12)10(14)3-4-13/h5-6H,3-4,13H2,1-2H3. The van der Waals surface area contributed by atoms with Gasteiger partial charge >= 0.3 is 0 Å². The Morgan fingerprint density at radius 2 is 2.20 bits per heavy atom. The van der Waals surface area contributed by atoms with Crippen LogP contribution in [0.2, 0.25) is 5.02 Å². The number of methoxy groups -OCH3 is 1. The number of ketones is 1. The van der Waals surface area contributed by atoms with Crippen molar-refractivity contribution in [1.82, 2.24) is 0 Å². The first-order valence-electron chi connectivity index (χ1n) is 4.67. The van der Waals surface area contributed by atoms with Crippen molar-refractivity contribution in [2.24, 2.45) is 5.73 Å². The first kappa shape index (κ1) is 12.0. The summed E-state index contributed by atoms with van der Waals surface area (Å²) in [5, 5.41) is 0.481. The van der Waals surface area contributed by atoms with Crippen molar-refractivity contribution < 1.29 is 9.53 Å². The second-order valence-corrected chi connectivity index (χ2v) is 3.65. The zero-order valence-electron chi connectivity index (χ0n) is 8.84. The number of nitrogens with two attached hydrogens (primary N) is 1. The molecule has 1 rings (SSSR count). The van der Waals surface area contributed by atoms with Crippen LogP contribution in [0.1, 0.15) is 22.3 Å². The van der Waals surface area contributed by atoms with E-state index in [1.165, 1.54) is 0 Å². The minimum absolute atomic E-state index is 0.0514. The molecule has 0 saturated heterocycles. The fourth-order valence-electron chi connectivity index (χ4n) is 1.32. The van der Waals surface area contributed by atoms with E-state index >= 15 is 0 Å². The van der Waals surface area contributed by atoms with Crippen LogP contribution in [-0.4, -0.2) is 19.4 Å². The number of ether oxygens (including phenoxy) is 1. The average molecular weight is 228 g/mol. The van der Waals surface area contributed by atoms with Crippen molar-refractivity contribution in [1.29, 1.82) is 0 Å². The van der Waals surface area contributed by atoms with Crippen molar-refractivity contribution in [2.45, 2.75) is 13.3 Å². The molecule has 0 aliphatic carbocycles. The van der Waals surface area contributed by atoms with Crippen LogP contribution in [0.3, 0.4) is 0 Å². The number of hydrogen-bond acceptors (Lipinski definition) is 3. The van der Waals surface area contributed by atoms with Gasteiger partial charge in [-0.3, -0.25) is 4.79 Å². The smallest absolute Gasteiger partial charge is 0.165 e. The van der Waals surface area contributed by atoms with Crippen LogP contribution in [0.15, 0.2) is 12.1 Å². The highest BCUT2D eigenvalue weighted by molar-refractivity contribution is 6.34. The second kappa shape index (κ2) is 5.14. The van der Waals surface area contributed by atoms with Gasteiger partial charge in [-0.15, -0.1) is 0 Å². The Labute approximate surface area is 94.2 Å². The number of benzene rings is 1. The van der Waals surface area contributed by atoms with E-state index in [1.807, 2.05) is 6.92 Å². The maximum absolute atomic E-state index is 11.7. The molecule has 0 amide bonds. The summed E-state index contributed by atoms with van der Waals surface area (Å²) < 4.78 is 5.08. The number of carbonyl (C=O) groups excluding carboxylic acids is 1. The van der Waals surface area contributed by atoms with Crippen molar-refractivity contribution in [3.05, 3.63) is 28.3 Å². The lowest BCUT2D eigenvalue weighted by Crippen LogP contribution is -2.09. The SMILES string of the molecule is COc1cc(C)c(Cl)c(C(=O)CCN)c1. The third-order valence-electron chi connectivity index (χ3n) is 2.14. The molecular formula is C11H14ClNO2. The largest absolute Gasteiger partial charge is 0.497 e. The van der Waals surface area contributed by atoms with Crippen molar-refractivity contribution in [3.8, 4) is 5.75 Å². The lowest BCUT2D eigenvalue weighted by atomic mass is 10.0. The van der Waals surface area contributed by atoms with Gasteiger partial charge in [-0.25, -0.2) is 0 Å². The molecule has 4 heteroatoms. The van der Waals surface area contributed by atoms with E-state index in [1.54, 1.807) is 19.2 Å². The lowest BCUT2D eigenvalue weighted by molar-refractivity contribution is 0.0985. The van der Waals surface area contributed by atoms with E-state index in [4.69, 9.17) is 22.1 Å². The fourth-order valence-corrected chi connectivity index (χ4v) is 1.54. The van der Waals surface area contributed by atoms with E-state index in [0.717, 1.165) is 5.56 Å². The molecule has 0 radical (unpaired) electrons. The van der Waals surface area contributed by atoms with E-state index in [9.17, 15) is 4.79 Å². The number of halogens is 1. The summed E-state index contributed by atoms with van der Waals surface area (Å²) in [4.78, 5) is 11.7. The number of Topliss-reactive ketones (excluding diaryl/α,β-unsaturated/α-hetero) is 1. The van der Waals surface area contributed by atoms with Crippen LogP contribution in [0.5, 0.6) is 5.75 Å². The Bertz CT molecular complexity index is 377. The van der Waals surface area contributed by atoms with Gasteiger partial charge in [-0.1, -0.05) is 11.6 Å². The quantitative estimate of drug-likeness (QED) is 0.803. The Morgan fingerprint density at radius 1 is 1.53 bits per heavy atom. The third-order valence-corrected chi connectivity index (χ3v) is 2.64. The van der Waals surface area contributed by atoms with Crippen LogP contribution >= 0.6 is 11.6 Å². The molecular weight excluding hydrogens is 214 g/mol. The summed E-state index contributed by atoms with van der Waals surface area (Å²) in [5.41, 5.74) is 6.65. The summed E-state index contributed by atoms with van der Waals surface area (Å²) in [6, 6.07) is 3.44. The molecule has 0 bridgehead atoms. The molecule has 1 aromatic rings. The zero-order valence-corrected chi connectivity index (χ0v) is 9.60. The van der Waals surface area contributed by atoms with Crippen molar-refractivity contribution >= 4 is 17.4 Å². The Kier molecular flexibility index (Phi) is 4.12. The average Bonchev–Trinajstić information content (AvgIpc) is 2.22. The first-order valence-corrected chi connectivity index (χ1v) is 5.05. The molecule has 0 aliphatic rings. The topological polar surface area (TPSA) is 52.3 Å². The molecule has 0 spiro atoms. The maximum atomic E-state index is 11.7. The Morgan fingerprint density at radius 3 is 2.73 bits per heavy atom. The maximum Gasteiger partial charge on any atom is 0.165 e. The molecule has 0 aliphatic heterocycles. The third kappa shape index (κ3) is 2.70. The number of carbonyl (C=O) groups is 1. The Hall–Kier alpha value is -1.06. The van der Waals surface area contributed by atoms with Crippen LogP contribution in [0, 0.1) is 6.92 Å². The van der Waals surface area contributed by atoms with Crippen LogP contribution in [0.4, 0.5) is 0 Å². The van der Waals surface area contributed by atoms with Gasteiger partial charge in [0.15, 0.2) is 5.78 Å². The van der Waals surface area contributed by atoms with Gasteiger partial charge < -0.3 is 10.5 Å². The van der Waals surface area contributed by atoms with Crippen LogP contribution in [0.25, 0.3) is 0 Å². The Balaban J connectivity index is 3.15. The normalized spacial score (nSPS) is 10.1. The molecule has 82 valence electrons. The van der Waals surface area contributed by atoms with E-state index in [2.05, 4.69) is 0 Å². The molecule has 0 saturated carbocycles. The highest BCUT2D eigenvalue weighted by Crippen LogP contribution is 2.27. The van der Waals surface area contributed by atoms with Crippen molar-refractivity contribution in [3.63, 3.8) is 0 Å². The van der Waals surface area contributed by atoms with Gasteiger partial charge in [0.25, 0.3) is 0 Å². The minimum atomic E-state index is -0.0514. The summed E-state index contributed by atoms with van der Waals surface area (Å²) in [7, 11) is 1.56. The molecule has 1 aromatic carbocycles. The lowest BCUT2D eigenvalue weighted by Gasteiger charge is -2.08. The van der Waals surface area contributed by atoms with Gasteiger partial charge in [0, 0.05) is 12.0 Å². The highest BCUT2D eigenvalue weighted by Gasteiger charge is 2.13. The number of hydrogen-bond donors (Lipinski definition) is 1. The molecule has 0 aromatic heterocycles. The minimum Gasteiger partial charge on any atom is -0.497 e. The van der Waals surface area contributed by atoms with Crippen molar-refractivity contribution in [2.75, 3.05) is 13.7 Å². The molecule has 2 N–H and O–H groups in total. The predicted molar refractivity (Wildman–Crippen MR) is 60.7 cm³/mol. The van der Waals surface area contributed by atoms with Gasteiger partial charge in [-0.2, -0.15) is 0 Å². The fraction of sp³-hybridized carbons (Fsp3) is 0.364. The molecule has 15 heavy (non-hydrogen) atoms.